The van der Waals surface area contributed by atoms with E-state index in [2.05, 4.69) is 31.1 Å². The van der Waals surface area contributed by atoms with E-state index in [9.17, 15) is 19.1 Å². The molecule has 0 fully saturated rings. The number of nitrogens with one attached hydrogen (secondary N) is 2. The van der Waals surface area contributed by atoms with Crippen molar-refractivity contribution in [2.24, 2.45) is 0 Å². The van der Waals surface area contributed by atoms with Gasteiger partial charge in [0.25, 0.3) is 5.91 Å². The Hall–Kier alpha value is -4.78. The normalized spacial score (nSPS) is 12.3. The van der Waals surface area contributed by atoms with Crippen LogP contribution in [0.25, 0.3) is 33.5 Å². The Bertz CT molecular complexity index is 1770. The number of hydrogen-bond donors (Lipinski definition) is 3. The van der Waals surface area contributed by atoms with E-state index < -0.39 is 11.8 Å². The lowest BCUT2D eigenvalue weighted by Gasteiger charge is -2.19. The highest BCUT2D eigenvalue weighted by molar-refractivity contribution is 6.03. The number of carboxylic acid groups (broad SMARTS) is 1. The maximum absolute atomic E-state index is 14.6. The quantitative estimate of drug-likeness (QED) is 0.177. The zero-order chi connectivity index (χ0) is 30.0. The zero-order valence-electron chi connectivity index (χ0n) is 24.2. The molecule has 1 aromatic heterocycles. The predicted octanol–water partition coefficient (Wildman–Crippen LogP) is 8.30. The predicted molar refractivity (Wildman–Crippen MR) is 164 cm³/mol. The van der Waals surface area contributed by atoms with Gasteiger partial charge in [-0.2, -0.15) is 0 Å². The second kappa shape index (κ2) is 11.6. The van der Waals surface area contributed by atoms with Crippen LogP contribution in [-0.4, -0.2) is 27.0 Å². The summed E-state index contributed by atoms with van der Waals surface area (Å²) in [5.41, 5.74) is 5.00. The van der Waals surface area contributed by atoms with Gasteiger partial charge in [0, 0.05) is 11.1 Å². The monoisotopic (exact) mass is 563 g/mol. The molecule has 3 N–H and O–H groups in total. The van der Waals surface area contributed by atoms with E-state index in [1.807, 2.05) is 55.5 Å². The number of benzene rings is 4. The van der Waals surface area contributed by atoms with Crippen LogP contribution < -0.4 is 5.32 Å². The molecule has 5 aromatic rings. The van der Waals surface area contributed by atoms with Crippen LogP contribution in [-0.2, 0) is 5.41 Å². The molecule has 0 aliphatic carbocycles. The summed E-state index contributed by atoms with van der Waals surface area (Å²) in [7, 11) is 0. The Morgan fingerprint density at radius 2 is 1.67 bits per heavy atom. The van der Waals surface area contributed by atoms with Gasteiger partial charge in [-0.15, -0.1) is 0 Å². The lowest BCUT2D eigenvalue weighted by atomic mass is 9.87. The van der Waals surface area contributed by atoms with Crippen LogP contribution >= 0.6 is 0 Å². The SMILES string of the molecule is CCC[C@@H](NC(=O)c1ccc(-c2ccc(F)cc2-c2nc3cc(C(C)(C)C)ccc3[nH]2)c(C(=O)O)c1)c1ccccc1. The summed E-state index contributed by atoms with van der Waals surface area (Å²) in [6, 6.07) is 24.3. The Morgan fingerprint density at radius 3 is 2.36 bits per heavy atom. The Labute approximate surface area is 244 Å². The molecule has 0 aliphatic heterocycles. The number of imidazole rings is 1. The van der Waals surface area contributed by atoms with Crippen LogP contribution in [0.1, 0.15) is 78.4 Å². The first-order valence-corrected chi connectivity index (χ1v) is 14.1. The first-order valence-electron chi connectivity index (χ1n) is 14.1. The molecule has 42 heavy (non-hydrogen) atoms. The van der Waals surface area contributed by atoms with Gasteiger partial charge in [-0.05, 0) is 70.5 Å². The molecule has 6 nitrogen and oxygen atoms in total. The van der Waals surface area contributed by atoms with Crippen LogP contribution in [0, 0.1) is 5.82 Å². The van der Waals surface area contributed by atoms with Crippen molar-refractivity contribution in [1.82, 2.24) is 15.3 Å². The number of aromatic carboxylic acids is 1. The number of carbonyl (C=O) groups excluding carboxylic acids is 1. The molecule has 0 saturated carbocycles. The highest BCUT2D eigenvalue weighted by Crippen LogP contribution is 2.36. The Balaban J connectivity index is 1.54. The molecule has 1 heterocycles. The number of aromatic amines is 1. The molecule has 7 heteroatoms. The fourth-order valence-electron chi connectivity index (χ4n) is 5.18. The van der Waals surface area contributed by atoms with Crippen molar-refractivity contribution < 1.29 is 19.1 Å². The second-order valence-electron chi connectivity index (χ2n) is 11.5. The third kappa shape index (κ3) is 5.96. The number of hydrogen-bond acceptors (Lipinski definition) is 3. The van der Waals surface area contributed by atoms with Crippen molar-refractivity contribution in [3.8, 4) is 22.5 Å². The summed E-state index contributed by atoms with van der Waals surface area (Å²) >= 11 is 0. The van der Waals surface area contributed by atoms with Crippen molar-refractivity contribution >= 4 is 22.9 Å². The number of H-pyrrole nitrogens is 1. The van der Waals surface area contributed by atoms with Crippen LogP contribution in [0.3, 0.4) is 0 Å². The molecule has 0 saturated heterocycles. The van der Waals surface area contributed by atoms with Crippen LogP contribution in [0.5, 0.6) is 0 Å². The van der Waals surface area contributed by atoms with Gasteiger partial charge in [-0.1, -0.05) is 82.6 Å². The summed E-state index contributed by atoms with van der Waals surface area (Å²) in [6.07, 6.45) is 1.61. The number of aromatic nitrogens is 2. The number of amides is 1. The number of carboxylic acids is 1. The highest BCUT2D eigenvalue weighted by atomic mass is 19.1. The molecular formula is C35H34FN3O3. The van der Waals surface area contributed by atoms with Crippen LogP contribution in [0.4, 0.5) is 4.39 Å². The number of carbonyl (C=O) groups is 2. The summed E-state index contributed by atoms with van der Waals surface area (Å²) in [4.78, 5) is 33.8. The van der Waals surface area contributed by atoms with Gasteiger partial charge in [0.2, 0.25) is 0 Å². The molecule has 214 valence electrons. The van der Waals surface area contributed by atoms with Gasteiger partial charge < -0.3 is 15.4 Å². The summed E-state index contributed by atoms with van der Waals surface area (Å²) < 4.78 is 14.6. The standard InChI is InChI=1S/C35H34FN3O3/c1-5-9-29(21-10-7-6-8-11-21)39-33(40)22-12-15-26(28(18-22)34(41)42)25-16-14-24(36)20-27(25)32-37-30-17-13-23(35(2,3)4)19-31(30)38-32/h6-8,10-20,29H,5,9H2,1-4H3,(H,37,38)(H,39,40)(H,41,42)/t29-/m1/s1. The van der Waals surface area contributed by atoms with E-state index in [1.54, 1.807) is 18.2 Å². The van der Waals surface area contributed by atoms with E-state index >= 15 is 0 Å². The van der Waals surface area contributed by atoms with Crippen molar-refractivity contribution in [2.75, 3.05) is 0 Å². The maximum Gasteiger partial charge on any atom is 0.336 e. The van der Waals surface area contributed by atoms with Gasteiger partial charge in [-0.3, -0.25) is 4.79 Å². The van der Waals surface area contributed by atoms with Crippen molar-refractivity contribution in [3.05, 3.63) is 113 Å². The highest BCUT2D eigenvalue weighted by Gasteiger charge is 2.22. The molecule has 0 spiro atoms. The Morgan fingerprint density at radius 1 is 0.929 bits per heavy atom. The summed E-state index contributed by atoms with van der Waals surface area (Å²) in [5, 5.41) is 13.2. The fraction of sp³-hybridized carbons (Fsp3) is 0.229. The average molecular weight is 564 g/mol. The molecule has 0 unspecified atom stereocenters. The van der Waals surface area contributed by atoms with Gasteiger partial charge in [0.05, 0.1) is 22.6 Å². The van der Waals surface area contributed by atoms with Crippen molar-refractivity contribution in [2.45, 2.75) is 52.0 Å². The molecule has 4 aromatic carbocycles. The second-order valence-corrected chi connectivity index (χ2v) is 11.5. The fourth-order valence-corrected chi connectivity index (χ4v) is 5.18. The third-order valence-corrected chi connectivity index (χ3v) is 7.47. The van der Waals surface area contributed by atoms with E-state index in [0.29, 0.717) is 22.5 Å². The smallest absolute Gasteiger partial charge is 0.336 e. The van der Waals surface area contributed by atoms with Crippen LogP contribution in [0.2, 0.25) is 0 Å². The molecule has 5 rings (SSSR count). The minimum absolute atomic E-state index is 0.0617. The topological polar surface area (TPSA) is 95.1 Å². The first kappa shape index (κ1) is 28.7. The molecule has 0 bridgehead atoms. The summed E-state index contributed by atoms with van der Waals surface area (Å²) in [5.74, 6) is -1.60. The molecule has 1 atom stereocenters. The molecular weight excluding hydrogens is 529 g/mol. The minimum Gasteiger partial charge on any atom is -0.478 e. The Kier molecular flexibility index (Phi) is 7.94. The van der Waals surface area contributed by atoms with E-state index in [0.717, 1.165) is 35.0 Å². The van der Waals surface area contributed by atoms with Gasteiger partial charge in [0.15, 0.2) is 0 Å². The first-order chi connectivity index (χ1) is 20.0. The van der Waals surface area contributed by atoms with Gasteiger partial charge in [-0.25, -0.2) is 14.2 Å². The van der Waals surface area contributed by atoms with Gasteiger partial charge >= 0.3 is 5.97 Å². The van der Waals surface area contributed by atoms with Crippen LogP contribution in [0.15, 0.2) is 84.9 Å². The zero-order valence-corrected chi connectivity index (χ0v) is 24.2. The molecule has 1 amide bonds. The van der Waals surface area contributed by atoms with E-state index in [1.165, 1.54) is 18.2 Å². The molecule has 0 aliphatic rings. The molecule has 0 radical (unpaired) electrons. The third-order valence-electron chi connectivity index (χ3n) is 7.47. The minimum atomic E-state index is -1.19. The lowest BCUT2D eigenvalue weighted by molar-refractivity contribution is 0.0697. The van der Waals surface area contributed by atoms with Gasteiger partial charge in [0.1, 0.15) is 11.6 Å². The maximum atomic E-state index is 14.6. The van der Waals surface area contributed by atoms with Crippen molar-refractivity contribution in [3.63, 3.8) is 0 Å². The number of halogens is 1. The number of fused-ring (bicyclic) bond motifs is 1. The van der Waals surface area contributed by atoms with E-state index in [4.69, 9.17) is 4.98 Å². The van der Waals surface area contributed by atoms with Crippen molar-refractivity contribution in [1.29, 1.82) is 0 Å². The largest absolute Gasteiger partial charge is 0.478 e. The lowest BCUT2D eigenvalue weighted by Crippen LogP contribution is -2.28. The summed E-state index contributed by atoms with van der Waals surface area (Å²) in [6.45, 7) is 8.41. The number of nitrogens with zero attached hydrogens (tertiary/aromatic N) is 1. The number of rotatable bonds is 8. The average Bonchev–Trinajstić information content (AvgIpc) is 3.40. The van der Waals surface area contributed by atoms with E-state index in [-0.39, 0.29) is 28.5 Å².